The third kappa shape index (κ3) is 2.04. The molecule has 1 aromatic carbocycles. The Bertz CT molecular complexity index is 829. The summed E-state index contributed by atoms with van der Waals surface area (Å²) < 4.78 is 12.8. The molecular formula is C15H17N3O3S. The molecule has 0 unspecified atom stereocenters. The predicted molar refractivity (Wildman–Crippen MR) is 86.2 cm³/mol. The van der Waals surface area contributed by atoms with E-state index in [9.17, 15) is 4.79 Å². The fraction of sp³-hybridized carbons (Fsp3) is 0.400. The van der Waals surface area contributed by atoms with Crippen LogP contribution < -0.4 is 14.8 Å². The number of benzene rings is 1. The zero-order valence-electron chi connectivity index (χ0n) is 12.8. The van der Waals surface area contributed by atoms with Crippen molar-refractivity contribution < 1.29 is 14.3 Å². The summed E-state index contributed by atoms with van der Waals surface area (Å²) in [4.78, 5) is 16.7. The second kappa shape index (κ2) is 5.24. The van der Waals surface area contributed by atoms with Gasteiger partial charge in [-0.05, 0) is 24.2 Å². The minimum atomic E-state index is -0.340. The molecule has 1 N–H and O–H groups in total. The van der Waals surface area contributed by atoms with Crippen molar-refractivity contribution in [3.05, 3.63) is 16.9 Å². The van der Waals surface area contributed by atoms with E-state index in [1.165, 1.54) is 0 Å². The van der Waals surface area contributed by atoms with Crippen molar-refractivity contribution >= 4 is 34.8 Å². The summed E-state index contributed by atoms with van der Waals surface area (Å²) in [5, 5.41) is 3.70. The zero-order valence-corrected chi connectivity index (χ0v) is 13.7. The molecule has 0 fully saturated rings. The van der Waals surface area contributed by atoms with Crippen LogP contribution in [0.2, 0.25) is 0 Å². The molecule has 7 heteroatoms. The molecule has 0 spiro atoms. The second-order valence-electron chi connectivity index (χ2n) is 5.52. The molecule has 116 valence electrons. The molecule has 1 aromatic heterocycles. The van der Waals surface area contributed by atoms with Gasteiger partial charge in [-0.2, -0.15) is 0 Å². The molecule has 0 saturated carbocycles. The smallest absolute Gasteiger partial charge is 0.248 e. The lowest BCUT2D eigenvalue weighted by molar-refractivity contribution is -0.119. The highest BCUT2D eigenvalue weighted by atomic mass is 32.1. The highest BCUT2D eigenvalue weighted by Gasteiger charge is 2.34. The summed E-state index contributed by atoms with van der Waals surface area (Å²) >= 11 is 5.38. The van der Waals surface area contributed by atoms with Crippen molar-refractivity contribution in [1.29, 1.82) is 0 Å². The van der Waals surface area contributed by atoms with E-state index in [-0.39, 0.29) is 17.9 Å². The number of methoxy groups -OCH3 is 2. The summed E-state index contributed by atoms with van der Waals surface area (Å²) in [5.41, 5.74) is 0.665. The predicted octanol–water partition coefficient (Wildman–Crippen LogP) is 2.93. The number of nitrogens with zero attached hydrogens (tertiary/aromatic N) is 2. The molecular weight excluding hydrogens is 302 g/mol. The first-order valence-electron chi connectivity index (χ1n) is 6.97. The Balaban J connectivity index is 2.35. The van der Waals surface area contributed by atoms with Crippen LogP contribution in [-0.2, 0) is 4.79 Å². The van der Waals surface area contributed by atoms with E-state index in [4.69, 9.17) is 21.7 Å². The van der Waals surface area contributed by atoms with Crippen LogP contribution >= 0.6 is 12.2 Å². The molecule has 2 heterocycles. The SMILES string of the molecule is COc1cc2nc(=S)n3c(c2cc1OC)NC(=O)[C@H]3C(C)C. The lowest BCUT2D eigenvalue weighted by atomic mass is 10.0. The Morgan fingerprint density at radius 3 is 2.50 bits per heavy atom. The summed E-state index contributed by atoms with van der Waals surface area (Å²) in [6.45, 7) is 3.97. The number of nitrogens with one attached hydrogen (secondary N) is 1. The quantitative estimate of drug-likeness (QED) is 0.881. The topological polar surface area (TPSA) is 65.4 Å². The van der Waals surface area contributed by atoms with Gasteiger partial charge in [0.2, 0.25) is 10.7 Å². The Labute approximate surface area is 133 Å². The van der Waals surface area contributed by atoms with Crippen molar-refractivity contribution in [2.24, 2.45) is 5.92 Å². The van der Waals surface area contributed by atoms with Crippen LogP contribution in [0.3, 0.4) is 0 Å². The molecule has 0 radical (unpaired) electrons. The van der Waals surface area contributed by atoms with E-state index in [1.807, 2.05) is 19.9 Å². The van der Waals surface area contributed by atoms with Crippen molar-refractivity contribution in [1.82, 2.24) is 9.55 Å². The van der Waals surface area contributed by atoms with Gasteiger partial charge in [0.25, 0.3) is 0 Å². The Morgan fingerprint density at radius 1 is 1.27 bits per heavy atom. The van der Waals surface area contributed by atoms with E-state index in [2.05, 4.69) is 10.3 Å². The molecule has 22 heavy (non-hydrogen) atoms. The maximum Gasteiger partial charge on any atom is 0.248 e. The van der Waals surface area contributed by atoms with Gasteiger partial charge in [-0.15, -0.1) is 0 Å². The minimum absolute atomic E-state index is 0.0646. The van der Waals surface area contributed by atoms with Crippen LogP contribution in [-0.4, -0.2) is 29.7 Å². The molecule has 0 aliphatic carbocycles. The highest BCUT2D eigenvalue weighted by Crippen LogP contribution is 2.39. The van der Waals surface area contributed by atoms with E-state index in [0.717, 1.165) is 5.39 Å². The summed E-state index contributed by atoms with van der Waals surface area (Å²) in [7, 11) is 3.14. The van der Waals surface area contributed by atoms with E-state index < -0.39 is 0 Å². The number of fused-ring (bicyclic) bond motifs is 3. The minimum Gasteiger partial charge on any atom is -0.493 e. The van der Waals surface area contributed by atoms with Gasteiger partial charge >= 0.3 is 0 Å². The van der Waals surface area contributed by atoms with Crippen molar-refractivity contribution in [2.45, 2.75) is 19.9 Å². The normalized spacial score (nSPS) is 16.8. The fourth-order valence-corrected chi connectivity index (χ4v) is 3.13. The summed E-state index contributed by atoms with van der Waals surface area (Å²) in [5.74, 6) is 1.88. The number of carbonyl (C=O) groups is 1. The number of hydrogen-bond donors (Lipinski definition) is 1. The first-order chi connectivity index (χ1) is 10.5. The average molecular weight is 319 g/mol. The van der Waals surface area contributed by atoms with Crippen LogP contribution in [0.5, 0.6) is 11.5 Å². The van der Waals surface area contributed by atoms with Crippen LogP contribution in [0.15, 0.2) is 12.1 Å². The van der Waals surface area contributed by atoms with Gasteiger partial charge in [0.1, 0.15) is 11.9 Å². The average Bonchev–Trinajstić information content (AvgIpc) is 2.84. The van der Waals surface area contributed by atoms with Gasteiger partial charge in [-0.25, -0.2) is 4.98 Å². The van der Waals surface area contributed by atoms with Gasteiger partial charge in [0.15, 0.2) is 11.5 Å². The molecule has 3 rings (SSSR count). The van der Waals surface area contributed by atoms with E-state index >= 15 is 0 Å². The molecule has 2 aromatic rings. The van der Waals surface area contributed by atoms with Crippen molar-refractivity contribution in [3.8, 4) is 11.5 Å². The zero-order chi connectivity index (χ0) is 16.0. The Hall–Kier alpha value is -2.15. The first kappa shape index (κ1) is 14.8. The second-order valence-corrected chi connectivity index (χ2v) is 5.88. The number of ether oxygens (including phenoxy) is 2. The lowest BCUT2D eigenvalue weighted by Gasteiger charge is -2.16. The van der Waals surface area contributed by atoms with Gasteiger partial charge < -0.3 is 14.8 Å². The molecule has 6 nitrogen and oxygen atoms in total. The van der Waals surface area contributed by atoms with Crippen LogP contribution in [0, 0.1) is 10.7 Å². The van der Waals surface area contributed by atoms with Crippen LogP contribution in [0.4, 0.5) is 5.82 Å². The number of anilines is 1. The van der Waals surface area contributed by atoms with Crippen molar-refractivity contribution in [3.63, 3.8) is 0 Å². The number of aromatic nitrogens is 2. The van der Waals surface area contributed by atoms with Crippen LogP contribution in [0.25, 0.3) is 10.9 Å². The molecule has 0 saturated heterocycles. The van der Waals surface area contributed by atoms with Crippen molar-refractivity contribution in [2.75, 3.05) is 19.5 Å². The number of carbonyl (C=O) groups excluding carboxylic acids is 1. The molecule has 1 aliphatic rings. The van der Waals surface area contributed by atoms with E-state index in [1.54, 1.807) is 24.9 Å². The molecule has 1 aliphatic heterocycles. The molecule has 1 amide bonds. The third-order valence-electron chi connectivity index (χ3n) is 3.84. The van der Waals surface area contributed by atoms with Gasteiger partial charge in [-0.1, -0.05) is 13.8 Å². The fourth-order valence-electron chi connectivity index (χ4n) is 2.83. The summed E-state index contributed by atoms with van der Waals surface area (Å²) in [6, 6.07) is 3.23. The monoisotopic (exact) mass is 319 g/mol. The largest absolute Gasteiger partial charge is 0.493 e. The Morgan fingerprint density at radius 2 is 1.91 bits per heavy atom. The van der Waals surface area contributed by atoms with E-state index in [0.29, 0.717) is 27.6 Å². The number of amides is 1. The Kier molecular flexibility index (Phi) is 3.52. The summed E-state index contributed by atoms with van der Waals surface area (Å²) in [6.07, 6.45) is 0. The highest BCUT2D eigenvalue weighted by molar-refractivity contribution is 7.71. The number of rotatable bonds is 3. The van der Waals surface area contributed by atoms with Gasteiger partial charge in [0, 0.05) is 11.5 Å². The molecule has 1 atom stereocenters. The molecule has 0 bridgehead atoms. The third-order valence-corrected chi connectivity index (χ3v) is 4.13. The first-order valence-corrected chi connectivity index (χ1v) is 7.38. The van der Waals surface area contributed by atoms with Gasteiger partial charge in [0.05, 0.1) is 19.7 Å². The maximum absolute atomic E-state index is 12.3. The number of hydrogen-bond acceptors (Lipinski definition) is 5. The maximum atomic E-state index is 12.3. The van der Waals surface area contributed by atoms with Crippen LogP contribution in [0.1, 0.15) is 19.9 Å². The van der Waals surface area contributed by atoms with Gasteiger partial charge in [-0.3, -0.25) is 9.36 Å². The lowest BCUT2D eigenvalue weighted by Crippen LogP contribution is -2.21. The standard InChI is InChI=1S/C15H17N3O3S/c1-7(2)12-14(19)17-13-8-5-10(20-3)11(21-4)6-9(8)16-15(22)18(12)13/h5-7,12H,1-4H3,(H,17,19)/t12-/m1/s1.